The Bertz CT molecular complexity index is 157. The molecule has 1 aromatic carbocycles. The van der Waals surface area contributed by atoms with Crippen LogP contribution >= 0.6 is 30.5 Å². The van der Waals surface area contributed by atoms with Crippen molar-refractivity contribution >= 4 is 49.4 Å². The molecule has 4 heteroatoms. The molecular formula is C6H6Cl2SSn. The summed E-state index contributed by atoms with van der Waals surface area (Å²) in [5, 5.41) is 0. The molecule has 0 aliphatic heterocycles. The van der Waals surface area contributed by atoms with Gasteiger partial charge in [0, 0.05) is 4.90 Å². The average Bonchev–Trinajstić information content (AvgIpc) is 1.91. The Balaban J connectivity index is 0.000000236. The van der Waals surface area contributed by atoms with Gasteiger partial charge < -0.3 is 0 Å². The van der Waals surface area contributed by atoms with Gasteiger partial charge in [-0.2, -0.15) is 0 Å². The number of thiol groups is 1. The Morgan fingerprint density at radius 2 is 1.50 bits per heavy atom. The van der Waals surface area contributed by atoms with Crippen LogP contribution in [0.4, 0.5) is 0 Å². The van der Waals surface area contributed by atoms with Crippen molar-refractivity contribution in [1.82, 2.24) is 0 Å². The van der Waals surface area contributed by atoms with Gasteiger partial charge in [-0.05, 0) is 12.1 Å². The van der Waals surface area contributed by atoms with Crippen molar-refractivity contribution in [1.29, 1.82) is 0 Å². The molecule has 0 amide bonds. The van der Waals surface area contributed by atoms with Crippen molar-refractivity contribution in [2.24, 2.45) is 0 Å². The van der Waals surface area contributed by atoms with Crippen molar-refractivity contribution in [3.05, 3.63) is 30.3 Å². The van der Waals surface area contributed by atoms with E-state index in [9.17, 15) is 0 Å². The molecule has 0 atom stereocenters. The molecular weight excluding hydrogens is 294 g/mol. The zero-order chi connectivity index (χ0) is 7.82. The van der Waals surface area contributed by atoms with Gasteiger partial charge in [0.1, 0.15) is 0 Å². The van der Waals surface area contributed by atoms with Crippen molar-refractivity contribution < 1.29 is 0 Å². The third-order valence-electron chi connectivity index (χ3n) is 0.756. The van der Waals surface area contributed by atoms with Gasteiger partial charge in [-0.3, -0.25) is 0 Å². The molecule has 10 heavy (non-hydrogen) atoms. The fraction of sp³-hybridized carbons (Fsp3) is 0. The van der Waals surface area contributed by atoms with Gasteiger partial charge in [-0.15, -0.1) is 12.6 Å². The predicted octanol–water partition coefficient (Wildman–Crippen LogP) is 2.97. The molecule has 0 aliphatic rings. The van der Waals surface area contributed by atoms with E-state index >= 15 is 0 Å². The van der Waals surface area contributed by atoms with E-state index in [0.717, 1.165) is 4.90 Å². The number of hydrogen-bond donors (Lipinski definition) is 1. The molecule has 0 heterocycles. The molecule has 1 aromatic rings. The number of hydrogen-bond acceptors (Lipinski definition) is 1. The molecule has 0 nitrogen and oxygen atoms in total. The number of benzene rings is 1. The number of rotatable bonds is 0. The first kappa shape index (κ1) is 10.9. The van der Waals surface area contributed by atoms with Crippen LogP contribution in [0.3, 0.4) is 0 Å². The normalized spacial score (nSPS) is 7.90. The van der Waals surface area contributed by atoms with Crippen molar-refractivity contribution in [2.75, 3.05) is 0 Å². The maximum atomic E-state index is 4.93. The standard InChI is InChI=1S/C6H6S.2ClH.Sn/c7-6-4-2-1-3-5-6;;;/h1-5,7H;2*1H;/q;;;+2/p-2. The van der Waals surface area contributed by atoms with Crippen LogP contribution in [0.5, 0.6) is 0 Å². The minimum absolute atomic E-state index is 0.826. The zero-order valence-electron chi connectivity index (χ0n) is 5.09. The molecule has 0 N–H and O–H groups in total. The van der Waals surface area contributed by atoms with E-state index < -0.39 is 18.9 Å². The fourth-order valence-corrected chi connectivity index (χ4v) is 0.600. The van der Waals surface area contributed by atoms with Gasteiger partial charge in [0.05, 0.1) is 0 Å². The Kier molecular flexibility index (Phi) is 8.81. The Labute approximate surface area is 84.0 Å². The van der Waals surface area contributed by atoms with E-state index in [0.29, 0.717) is 0 Å². The summed E-state index contributed by atoms with van der Waals surface area (Å²) in [7, 11) is 9.87. The average molecular weight is 300 g/mol. The SMILES string of the molecule is Sc1ccccc1.[Cl][Sn][Cl]. The molecule has 0 aliphatic carbocycles. The Morgan fingerprint density at radius 1 is 1.10 bits per heavy atom. The van der Waals surface area contributed by atoms with Crippen LogP contribution in [-0.2, 0) is 0 Å². The first-order valence-corrected chi connectivity index (χ1v) is 10.2. The van der Waals surface area contributed by atoms with E-state index in [4.69, 9.17) is 17.8 Å². The van der Waals surface area contributed by atoms with Crippen LogP contribution in [0.15, 0.2) is 35.2 Å². The quantitative estimate of drug-likeness (QED) is 0.553. The van der Waals surface area contributed by atoms with Gasteiger partial charge in [-0.25, -0.2) is 0 Å². The van der Waals surface area contributed by atoms with Crippen LogP contribution in [0, 0.1) is 0 Å². The number of halogens is 2. The third-order valence-corrected chi connectivity index (χ3v) is 1.05. The zero-order valence-corrected chi connectivity index (χ0v) is 10.4. The van der Waals surface area contributed by atoms with Crippen LogP contribution in [0.2, 0.25) is 0 Å². The molecule has 54 valence electrons. The van der Waals surface area contributed by atoms with Gasteiger partial charge in [0.25, 0.3) is 0 Å². The second kappa shape index (κ2) is 8.05. The van der Waals surface area contributed by atoms with Gasteiger partial charge in [-0.1, -0.05) is 18.2 Å². The van der Waals surface area contributed by atoms with Gasteiger partial charge in [0.2, 0.25) is 0 Å². The molecule has 0 saturated carbocycles. The summed E-state index contributed by atoms with van der Waals surface area (Å²) >= 11 is 3.26. The van der Waals surface area contributed by atoms with Crippen molar-refractivity contribution in [2.45, 2.75) is 4.90 Å². The summed E-state index contributed by atoms with van der Waals surface area (Å²) in [5.74, 6) is 0. The molecule has 0 aromatic heterocycles. The fourth-order valence-electron chi connectivity index (χ4n) is 0.428. The predicted molar refractivity (Wildman–Crippen MR) is 51.2 cm³/mol. The van der Waals surface area contributed by atoms with E-state index in [1.54, 1.807) is 0 Å². The second-order valence-electron chi connectivity index (χ2n) is 1.41. The van der Waals surface area contributed by atoms with Crippen LogP contribution in [-0.4, -0.2) is 18.9 Å². The van der Waals surface area contributed by atoms with Crippen molar-refractivity contribution in [3.63, 3.8) is 0 Å². The molecule has 0 bridgehead atoms. The Hall–Kier alpha value is 0.949. The summed E-state index contributed by atoms with van der Waals surface area (Å²) in [5.41, 5.74) is 0. The molecule has 1 rings (SSSR count). The minimum atomic E-state index is -0.826. The molecule has 2 radical (unpaired) electrons. The first-order chi connectivity index (χ1) is 4.81. The van der Waals surface area contributed by atoms with Crippen LogP contribution < -0.4 is 0 Å². The molecule has 0 fully saturated rings. The summed E-state index contributed by atoms with van der Waals surface area (Å²) in [6, 6.07) is 9.79. The van der Waals surface area contributed by atoms with E-state index in [2.05, 4.69) is 12.6 Å². The molecule has 0 spiro atoms. The summed E-state index contributed by atoms with van der Waals surface area (Å²) < 4.78 is 0. The van der Waals surface area contributed by atoms with Gasteiger partial charge in [0.15, 0.2) is 0 Å². The van der Waals surface area contributed by atoms with Crippen LogP contribution in [0.25, 0.3) is 0 Å². The topological polar surface area (TPSA) is 0 Å². The summed E-state index contributed by atoms with van der Waals surface area (Å²) in [4.78, 5) is 1.02. The second-order valence-corrected chi connectivity index (χ2v) is 6.16. The van der Waals surface area contributed by atoms with E-state index in [-0.39, 0.29) is 0 Å². The molecule has 0 unspecified atom stereocenters. The summed E-state index contributed by atoms with van der Waals surface area (Å²) in [6.07, 6.45) is 0. The monoisotopic (exact) mass is 300 g/mol. The van der Waals surface area contributed by atoms with E-state index in [1.807, 2.05) is 30.3 Å². The third kappa shape index (κ3) is 7.06. The van der Waals surface area contributed by atoms with Crippen molar-refractivity contribution in [3.8, 4) is 0 Å². The first-order valence-electron chi connectivity index (χ1n) is 2.51. The van der Waals surface area contributed by atoms with E-state index in [1.165, 1.54) is 0 Å². The molecule has 0 saturated heterocycles. The van der Waals surface area contributed by atoms with Crippen LogP contribution in [0.1, 0.15) is 0 Å². The summed E-state index contributed by atoms with van der Waals surface area (Å²) in [6.45, 7) is 0. The maximum absolute atomic E-state index is 4.93. The van der Waals surface area contributed by atoms with Gasteiger partial charge >= 0.3 is 36.7 Å². The Morgan fingerprint density at radius 3 is 1.70 bits per heavy atom.